The lowest BCUT2D eigenvalue weighted by molar-refractivity contribution is -0.121. The average Bonchev–Trinajstić information content (AvgIpc) is 2.39. The molecule has 20 heavy (non-hydrogen) atoms. The number of anilines is 1. The fourth-order valence-corrected chi connectivity index (χ4v) is 1.80. The second-order valence-corrected chi connectivity index (χ2v) is 5.30. The fraction of sp³-hybridized carbons (Fsp3) is 0.562. The molecule has 0 aliphatic rings. The van der Waals surface area contributed by atoms with Gasteiger partial charge in [0, 0.05) is 18.3 Å². The number of hydrogen-bond donors (Lipinski definition) is 2. The predicted octanol–water partition coefficient (Wildman–Crippen LogP) is 3.05. The predicted molar refractivity (Wildman–Crippen MR) is 83.2 cm³/mol. The lowest BCUT2D eigenvalue weighted by Gasteiger charge is -2.16. The Morgan fingerprint density at radius 2 is 2.05 bits per heavy atom. The highest BCUT2D eigenvalue weighted by Gasteiger charge is 2.12. The summed E-state index contributed by atoms with van der Waals surface area (Å²) >= 11 is 0. The SMILES string of the molecule is CCOc1cccc(NC(C)C(=O)NCCC(C)C)c1. The maximum atomic E-state index is 11.9. The van der Waals surface area contributed by atoms with Crippen LogP contribution < -0.4 is 15.4 Å². The third-order valence-electron chi connectivity index (χ3n) is 2.94. The summed E-state index contributed by atoms with van der Waals surface area (Å²) in [5, 5.41) is 6.13. The zero-order chi connectivity index (χ0) is 15.0. The van der Waals surface area contributed by atoms with Crippen molar-refractivity contribution in [2.75, 3.05) is 18.5 Å². The van der Waals surface area contributed by atoms with E-state index < -0.39 is 0 Å². The van der Waals surface area contributed by atoms with Gasteiger partial charge in [-0.05, 0) is 38.3 Å². The zero-order valence-corrected chi connectivity index (χ0v) is 12.9. The van der Waals surface area contributed by atoms with E-state index in [-0.39, 0.29) is 11.9 Å². The summed E-state index contributed by atoms with van der Waals surface area (Å²) in [6.45, 7) is 9.46. The molecule has 4 heteroatoms. The summed E-state index contributed by atoms with van der Waals surface area (Å²) in [5.41, 5.74) is 0.891. The van der Waals surface area contributed by atoms with Crippen molar-refractivity contribution in [1.82, 2.24) is 5.32 Å². The van der Waals surface area contributed by atoms with Crippen molar-refractivity contribution in [3.8, 4) is 5.75 Å². The van der Waals surface area contributed by atoms with Crippen LogP contribution in [0.1, 0.15) is 34.1 Å². The summed E-state index contributed by atoms with van der Waals surface area (Å²) in [5.74, 6) is 1.43. The first-order valence-electron chi connectivity index (χ1n) is 7.30. The molecule has 1 aromatic rings. The summed E-state index contributed by atoms with van der Waals surface area (Å²) < 4.78 is 5.44. The number of rotatable bonds is 8. The first-order chi connectivity index (χ1) is 9.52. The highest BCUT2D eigenvalue weighted by Crippen LogP contribution is 2.17. The van der Waals surface area contributed by atoms with E-state index in [1.54, 1.807) is 0 Å². The summed E-state index contributed by atoms with van der Waals surface area (Å²) in [6.07, 6.45) is 0.998. The summed E-state index contributed by atoms with van der Waals surface area (Å²) in [6, 6.07) is 7.39. The number of ether oxygens (including phenoxy) is 1. The molecule has 0 spiro atoms. The zero-order valence-electron chi connectivity index (χ0n) is 12.9. The molecule has 2 N–H and O–H groups in total. The second-order valence-electron chi connectivity index (χ2n) is 5.30. The van der Waals surface area contributed by atoms with Crippen molar-refractivity contribution in [2.45, 2.75) is 40.2 Å². The standard InChI is InChI=1S/C16H26N2O2/c1-5-20-15-8-6-7-14(11-15)18-13(4)16(19)17-10-9-12(2)3/h6-8,11-13,18H,5,9-10H2,1-4H3,(H,17,19). The van der Waals surface area contributed by atoms with Gasteiger partial charge in [0.25, 0.3) is 0 Å². The summed E-state index contributed by atoms with van der Waals surface area (Å²) in [4.78, 5) is 11.9. The topological polar surface area (TPSA) is 50.4 Å². The van der Waals surface area contributed by atoms with Crippen LogP contribution in [0, 0.1) is 5.92 Å². The van der Waals surface area contributed by atoms with Gasteiger partial charge in [-0.1, -0.05) is 19.9 Å². The largest absolute Gasteiger partial charge is 0.494 e. The maximum absolute atomic E-state index is 11.9. The average molecular weight is 278 g/mol. The number of carbonyl (C=O) groups excluding carboxylic acids is 1. The molecule has 0 aliphatic heterocycles. The van der Waals surface area contributed by atoms with E-state index >= 15 is 0 Å². The monoisotopic (exact) mass is 278 g/mol. The maximum Gasteiger partial charge on any atom is 0.242 e. The van der Waals surface area contributed by atoms with Crippen molar-refractivity contribution in [3.63, 3.8) is 0 Å². The van der Waals surface area contributed by atoms with Crippen LogP contribution in [0.5, 0.6) is 5.75 Å². The molecule has 1 atom stereocenters. The van der Waals surface area contributed by atoms with Crippen molar-refractivity contribution in [3.05, 3.63) is 24.3 Å². The molecule has 1 rings (SSSR count). The normalized spacial score (nSPS) is 12.1. The Bertz CT molecular complexity index is 419. The van der Waals surface area contributed by atoms with Crippen LogP contribution in [-0.4, -0.2) is 25.1 Å². The molecule has 1 aromatic carbocycles. The van der Waals surface area contributed by atoms with E-state index in [1.807, 2.05) is 38.1 Å². The van der Waals surface area contributed by atoms with E-state index in [9.17, 15) is 4.79 Å². The van der Waals surface area contributed by atoms with Crippen molar-refractivity contribution in [2.24, 2.45) is 5.92 Å². The highest BCUT2D eigenvalue weighted by molar-refractivity contribution is 5.84. The molecule has 0 radical (unpaired) electrons. The van der Waals surface area contributed by atoms with Gasteiger partial charge in [-0.15, -0.1) is 0 Å². The first kappa shape index (κ1) is 16.3. The molecule has 0 bridgehead atoms. The minimum atomic E-state index is -0.265. The van der Waals surface area contributed by atoms with Crippen molar-refractivity contribution >= 4 is 11.6 Å². The van der Waals surface area contributed by atoms with Crippen LogP contribution in [0.2, 0.25) is 0 Å². The highest BCUT2D eigenvalue weighted by atomic mass is 16.5. The van der Waals surface area contributed by atoms with Crippen LogP contribution in [0.3, 0.4) is 0 Å². The Morgan fingerprint density at radius 3 is 2.70 bits per heavy atom. The van der Waals surface area contributed by atoms with Gasteiger partial charge in [0.15, 0.2) is 0 Å². The Hall–Kier alpha value is -1.71. The Balaban J connectivity index is 2.46. The molecule has 0 heterocycles. The molecule has 112 valence electrons. The van der Waals surface area contributed by atoms with Crippen molar-refractivity contribution in [1.29, 1.82) is 0 Å². The van der Waals surface area contributed by atoms with E-state index in [4.69, 9.17) is 4.74 Å². The molecule has 0 fully saturated rings. The lowest BCUT2D eigenvalue weighted by atomic mass is 10.1. The van der Waals surface area contributed by atoms with Gasteiger partial charge in [0.2, 0.25) is 5.91 Å². The first-order valence-corrected chi connectivity index (χ1v) is 7.30. The second kappa shape index (κ2) is 8.46. The molecule has 0 aromatic heterocycles. The van der Waals surface area contributed by atoms with E-state index in [0.29, 0.717) is 12.5 Å². The number of benzene rings is 1. The summed E-state index contributed by atoms with van der Waals surface area (Å²) in [7, 11) is 0. The molecular weight excluding hydrogens is 252 g/mol. The van der Waals surface area contributed by atoms with Crippen LogP contribution in [0.15, 0.2) is 24.3 Å². The Morgan fingerprint density at radius 1 is 1.30 bits per heavy atom. The van der Waals surface area contributed by atoms with Gasteiger partial charge >= 0.3 is 0 Å². The minimum Gasteiger partial charge on any atom is -0.494 e. The van der Waals surface area contributed by atoms with Crippen molar-refractivity contribution < 1.29 is 9.53 Å². The molecule has 0 saturated carbocycles. The van der Waals surface area contributed by atoms with Gasteiger partial charge in [-0.25, -0.2) is 0 Å². The number of carbonyl (C=O) groups is 1. The fourth-order valence-electron chi connectivity index (χ4n) is 1.80. The minimum absolute atomic E-state index is 0.0208. The quantitative estimate of drug-likeness (QED) is 0.768. The Labute approximate surface area is 121 Å². The lowest BCUT2D eigenvalue weighted by Crippen LogP contribution is -2.38. The van der Waals surface area contributed by atoms with Crippen LogP contribution in [0.25, 0.3) is 0 Å². The van der Waals surface area contributed by atoms with Crippen LogP contribution >= 0.6 is 0 Å². The molecule has 0 aliphatic carbocycles. The number of nitrogens with one attached hydrogen (secondary N) is 2. The number of amides is 1. The number of hydrogen-bond acceptors (Lipinski definition) is 3. The molecule has 1 unspecified atom stereocenters. The smallest absolute Gasteiger partial charge is 0.242 e. The van der Waals surface area contributed by atoms with E-state index in [2.05, 4.69) is 24.5 Å². The Kier molecular flexibility index (Phi) is 6.91. The molecular formula is C16H26N2O2. The van der Waals surface area contributed by atoms with Gasteiger partial charge in [0.1, 0.15) is 11.8 Å². The van der Waals surface area contributed by atoms with Crippen LogP contribution in [-0.2, 0) is 4.79 Å². The van der Waals surface area contributed by atoms with E-state index in [1.165, 1.54) is 0 Å². The third-order valence-corrected chi connectivity index (χ3v) is 2.94. The van der Waals surface area contributed by atoms with E-state index in [0.717, 1.165) is 24.4 Å². The van der Waals surface area contributed by atoms with Gasteiger partial charge in [-0.2, -0.15) is 0 Å². The molecule has 1 amide bonds. The van der Waals surface area contributed by atoms with Crippen LogP contribution in [0.4, 0.5) is 5.69 Å². The van der Waals surface area contributed by atoms with Gasteiger partial charge < -0.3 is 15.4 Å². The third kappa shape index (κ3) is 5.95. The molecule has 0 saturated heterocycles. The molecule has 4 nitrogen and oxygen atoms in total. The van der Waals surface area contributed by atoms with Gasteiger partial charge in [0.05, 0.1) is 6.61 Å². The van der Waals surface area contributed by atoms with Gasteiger partial charge in [-0.3, -0.25) is 4.79 Å².